The summed E-state index contributed by atoms with van der Waals surface area (Å²) in [6.07, 6.45) is 0. The molecule has 1 fully saturated rings. The summed E-state index contributed by atoms with van der Waals surface area (Å²) in [5.41, 5.74) is 0.589. The Bertz CT molecular complexity index is 1140. The van der Waals surface area contributed by atoms with Gasteiger partial charge in [0.1, 0.15) is 0 Å². The molecular formula is C20H19Cl3N4O4S. The quantitative estimate of drug-likeness (QED) is 0.341. The number of anilines is 1. The molecule has 3 aromatic rings. The van der Waals surface area contributed by atoms with E-state index >= 15 is 0 Å². The first kappa shape index (κ1) is 24.6. The van der Waals surface area contributed by atoms with Crippen molar-refractivity contribution in [2.24, 2.45) is 0 Å². The zero-order valence-electron chi connectivity index (χ0n) is 16.7. The number of fused-ring (bicyclic) bond motifs is 1. The molecule has 12 heteroatoms. The molecule has 0 aliphatic carbocycles. The number of thiazole rings is 1. The van der Waals surface area contributed by atoms with Crippen LogP contribution in [0.2, 0.25) is 10.0 Å². The fourth-order valence-corrected chi connectivity index (χ4v) is 4.75. The minimum Gasteiger partial charge on any atom is -0.379 e. The molecule has 0 radical (unpaired) electrons. The third-order valence-corrected chi connectivity index (χ3v) is 6.56. The van der Waals surface area contributed by atoms with E-state index < -0.39 is 10.8 Å². The monoisotopic (exact) mass is 516 g/mol. The van der Waals surface area contributed by atoms with Crippen LogP contribution in [0.5, 0.6) is 0 Å². The average molecular weight is 518 g/mol. The number of nitrogens with zero attached hydrogens (tertiary/aromatic N) is 4. The second kappa shape index (κ2) is 10.7. The minimum absolute atomic E-state index is 0. The standard InChI is InChI=1S/C20H18Cl2N4O4S.ClH/c21-13-1-4-17-18(11-13)31-20(23-17)25(6-5-24-7-9-30-10-8-24)19(27)15-12-14(26(28)29)2-3-16(15)22;/h1-4,11-12H,5-10H2;1H. The number of nitro groups is 1. The highest BCUT2D eigenvalue weighted by Crippen LogP contribution is 2.33. The molecule has 0 saturated carbocycles. The molecule has 32 heavy (non-hydrogen) atoms. The number of carbonyl (C=O) groups excluding carboxylic acids is 1. The molecule has 4 rings (SSSR count). The van der Waals surface area contributed by atoms with Gasteiger partial charge in [0.05, 0.1) is 38.9 Å². The molecule has 8 nitrogen and oxygen atoms in total. The highest BCUT2D eigenvalue weighted by atomic mass is 35.5. The Labute approximate surface area is 204 Å². The summed E-state index contributed by atoms with van der Waals surface area (Å²) < 4.78 is 6.23. The number of hydrogen-bond donors (Lipinski definition) is 0. The van der Waals surface area contributed by atoms with Gasteiger partial charge in [-0.1, -0.05) is 34.5 Å². The van der Waals surface area contributed by atoms with Crippen molar-refractivity contribution in [1.29, 1.82) is 0 Å². The van der Waals surface area contributed by atoms with E-state index in [-0.39, 0.29) is 28.7 Å². The average Bonchev–Trinajstić information content (AvgIpc) is 3.17. The summed E-state index contributed by atoms with van der Waals surface area (Å²) in [5, 5.41) is 12.4. The van der Waals surface area contributed by atoms with Crippen molar-refractivity contribution in [1.82, 2.24) is 9.88 Å². The highest BCUT2D eigenvalue weighted by Gasteiger charge is 2.26. The topological polar surface area (TPSA) is 88.8 Å². The third-order valence-electron chi connectivity index (χ3n) is 4.95. The van der Waals surface area contributed by atoms with E-state index in [9.17, 15) is 14.9 Å². The van der Waals surface area contributed by atoms with Gasteiger partial charge < -0.3 is 4.74 Å². The molecule has 0 unspecified atom stereocenters. The fourth-order valence-electron chi connectivity index (χ4n) is 3.29. The van der Waals surface area contributed by atoms with Crippen LogP contribution in [-0.2, 0) is 4.74 Å². The molecule has 0 N–H and O–H groups in total. The van der Waals surface area contributed by atoms with Gasteiger partial charge >= 0.3 is 0 Å². The zero-order valence-corrected chi connectivity index (χ0v) is 19.8. The van der Waals surface area contributed by atoms with Crippen molar-refractivity contribution in [2.75, 3.05) is 44.3 Å². The molecule has 2 heterocycles. The third kappa shape index (κ3) is 5.48. The smallest absolute Gasteiger partial charge is 0.270 e. The Morgan fingerprint density at radius 3 is 2.69 bits per heavy atom. The molecule has 0 spiro atoms. The zero-order chi connectivity index (χ0) is 22.0. The van der Waals surface area contributed by atoms with Crippen LogP contribution in [0, 0.1) is 10.1 Å². The van der Waals surface area contributed by atoms with Crippen molar-refractivity contribution in [3.63, 3.8) is 0 Å². The molecule has 170 valence electrons. The number of nitro benzene ring substituents is 1. The molecule has 1 saturated heterocycles. The molecule has 1 amide bonds. The van der Waals surface area contributed by atoms with Crippen LogP contribution in [0.4, 0.5) is 10.8 Å². The van der Waals surface area contributed by atoms with Gasteiger partial charge in [0.2, 0.25) is 0 Å². The highest BCUT2D eigenvalue weighted by molar-refractivity contribution is 7.22. The van der Waals surface area contributed by atoms with Gasteiger partial charge in [-0.15, -0.1) is 12.4 Å². The summed E-state index contributed by atoms with van der Waals surface area (Å²) in [7, 11) is 0. The molecule has 0 bridgehead atoms. The summed E-state index contributed by atoms with van der Waals surface area (Å²) in [4.78, 5) is 32.4. The Balaban J connectivity index is 0.00000289. The molecule has 0 atom stereocenters. The second-order valence-electron chi connectivity index (χ2n) is 6.94. The molecular weight excluding hydrogens is 499 g/mol. The number of morpholine rings is 1. The maximum atomic E-state index is 13.5. The number of amides is 1. The van der Waals surface area contributed by atoms with Gasteiger partial charge in [0.15, 0.2) is 5.13 Å². The van der Waals surface area contributed by atoms with Crippen molar-refractivity contribution in [2.45, 2.75) is 0 Å². The predicted octanol–water partition coefficient (Wildman–Crippen LogP) is 4.91. The van der Waals surface area contributed by atoms with Crippen LogP contribution in [0.15, 0.2) is 36.4 Å². The lowest BCUT2D eigenvalue weighted by atomic mass is 10.1. The normalized spacial score (nSPS) is 14.2. The van der Waals surface area contributed by atoms with Crippen LogP contribution in [0.3, 0.4) is 0 Å². The number of non-ortho nitro benzene ring substituents is 1. The number of rotatable bonds is 6. The van der Waals surface area contributed by atoms with Gasteiger partial charge in [-0.3, -0.25) is 24.7 Å². The van der Waals surface area contributed by atoms with Crippen LogP contribution >= 0.6 is 46.9 Å². The predicted molar refractivity (Wildman–Crippen MR) is 129 cm³/mol. The number of hydrogen-bond acceptors (Lipinski definition) is 7. The Morgan fingerprint density at radius 1 is 1.22 bits per heavy atom. The Hall–Kier alpha value is -2.01. The van der Waals surface area contributed by atoms with Gasteiger partial charge in [-0.2, -0.15) is 0 Å². The molecule has 1 aliphatic heterocycles. The lowest BCUT2D eigenvalue weighted by Crippen LogP contribution is -2.43. The van der Waals surface area contributed by atoms with E-state index in [1.165, 1.54) is 34.4 Å². The summed E-state index contributed by atoms with van der Waals surface area (Å²) in [6.45, 7) is 3.79. The lowest BCUT2D eigenvalue weighted by Gasteiger charge is -2.29. The van der Waals surface area contributed by atoms with E-state index in [2.05, 4.69) is 9.88 Å². The van der Waals surface area contributed by atoms with E-state index in [4.69, 9.17) is 27.9 Å². The Morgan fingerprint density at radius 2 is 1.97 bits per heavy atom. The number of ether oxygens (including phenoxy) is 1. The van der Waals surface area contributed by atoms with E-state index in [0.717, 1.165) is 23.3 Å². The van der Waals surface area contributed by atoms with Crippen LogP contribution < -0.4 is 4.90 Å². The van der Waals surface area contributed by atoms with E-state index in [0.29, 0.717) is 36.5 Å². The lowest BCUT2D eigenvalue weighted by molar-refractivity contribution is -0.384. The van der Waals surface area contributed by atoms with Crippen molar-refractivity contribution in [3.8, 4) is 0 Å². The first-order valence-corrected chi connectivity index (χ1v) is 11.1. The summed E-state index contributed by atoms with van der Waals surface area (Å²) in [5.74, 6) is -0.438. The number of aromatic nitrogens is 1. The number of benzene rings is 2. The Kier molecular flexibility index (Phi) is 8.26. The maximum Gasteiger partial charge on any atom is 0.270 e. The fraction of sp³-hybridized carbons (Fsp3) is 0.300. The minimum atomic E-state index is -0.551. The van der Waals surface area contributed by atoms with Crippen molar-refractivity contribution < 1.29 is 14.5 Å². The van der Waals surface area contributed by atoms with Gasteiger partial charge in [-0.05, 0) is 24.3 Å². The van der Waals surface area contributed by atoms with E-state index in [1.54, 1.807) is 18.2 Å². The number of carbonyl (C=O) groups is 1. The SMILES string of the molecule is Cl.O=C(c1cc([N+](=O)[O-])ccc1Cl)N(CCN1CCOCC1)c1nc2ccc(Cl)cc2s1. The van der Waals surface area contributed by atoms with Crippen LogP contribution in [0.1, 0.15) is 10.4 Å². The van der Waals surface area contributed by atoms with Crippen molar-refractivity contribution in [3.05, 3.63) is 62.1 Å². The first-order valence-electron chi connectivity index (χ1n) is 9.54. The number of halogens is 3. The summed E-state index contributed by atoms with van der Waals surface area (Å²) in [6, 6.07) is 9.18. The van der Waals surface area contributed by atoms with Crippen LogP contribution in [0.25, 0.3) is 10.2 Å². The van der Waals surface area contributed by atoms with E-state index in [1.807, 2.05) is 0 Å². The summed E-state index contributed by atoms with van der Waals surface area (Å²) >= 11 is 13.7. The molecule has 1 aliphatic rings. The first-order chi connectivity index (χ1) is 14.9. The van der Waals surface area contributed by atoms with Crippen molar-refractivity contribution >= 4 is 73.9 Å². The van der Waals surface area contributed by atoms with Gasteiger partial charge in [0.25, 0.3) is 11.6 Å². The van der Waals surface area contributed by atoms with Gasteiger partial charge in [-0.25, -0.2) is 4.98 Å². The van der Waals surface area contributed by atoms with Crippen LogP contribution in [-0.4, -0.2) is 60.1 Å². The molecule has 2 aromatic carbocycles. The van der Waals surface area contributed by atoms with Gasteiger partial charge in [0, 0.05) is 43.3 Å². The molecule has 1 aromatic heterocycles. The largest absolute Gasteiger partial charge is 0.379 e. The maximum absolute atomic E-state index is 13.5. The second-order valence-corrected chi connectivity index (χ2v) is 8.79.